The van der Waals surface area contributed by atoms with E-state index in [0.29, 0.717) is 6.04 Å². The Bertz CT molecular complexity index is 544. The quantitative estimate of drug-likeness (QED) is 0.669. The van der Waals surface area contributed by atoms with Crippen LogP contribution in [-0.4, -0.2) is 29.3 Å². The van der Waals surface area contributed by atoms with Gasteiger partial charge in [-0.1, -0.05) is 30.4 Å². The number of aromatic nitrogens is 1. The van der Waals surface area contributed by atoms with Gasteiger partial charge in [-0.2, -0.15) is 0 Å². The maximum absolute atomic E-state index is 8.89. The second-order valence-electron chi connectivity index (χ2n) is 5.08. The molecule has 3 N–H and O–H groups in total. The summed E-state index contributed by atoms with van der Waals surface area (Å²) < 4.78 is 0. The van der Waals surface area contributed by atoms with Gasteiger partial charge < -0.3 is 15.4 Å². The fourth-order valence-electron chi connectivity index (χ4n) is 2.28. The molecule has 0 aliphatic rings. The van der Waals surface area contributed by atoms with Crippen molar-refractivity contribution < 1.29 is 5.11 Å². The van der Waals surface area contributed by atoms with E-state index in [1.165, 1.54) is 16.5 Å². The monoisotopic (exact) mass is 258 g/mol. The van der Waals surface area contributed by atoms with Crippen LogP contribution in [0.15, 0.2) is 42.6 Å². The molecule has 2 rings (SSSR count). The van der Waals surface area contributed by atoms with Crippen LogP contribution in [0.4, 0.5) is 0 Å². The first kappa shape index (κ1) is 13.8. The van der Waals surface area contributed by atoms with Crippen molar-refractivity contribution in [1.29, 1.82) is 0 Å². The van der Waals surface area contributed by atoms with Crippen LogP contribution >= 0.6 is 0 Å². The summed E-state index contributed by atoms with van der Waals surface area (Å²) in [5, 5.41) is 13.7. The van der Waals surface area contributed by atoms with Crippen LogP contribution < -0.4 is 5.32 Å². The van der Waals surface area contributed by atoms with Crippen LogP contribution in [0, 0.1) is 0 Å². The zero-order valence-electron chi connectivity index (χ0n) is 11.4. The van der Waals surface area contributed by atoms with Gasteiger partial charge in [0.15, 0.2) is 0 Å². The number of rotatable bonds is 7. The Morgan fingerprint density at radius 1 is 1.42 bits per heavy atom. The van der Waals surface area contributed by atoms with Gasteiger partial charge in [-0.15, -0.1) is 0 Å². The van der Waals surface area contributed by atoms with E-state index < -0.39 is 0 Å². The third-order valence-electron chi connectivity index (χ3n) is 3.40. The molecule has 0 fully saturated rings. The molecular formula is C16H22N2O. The standard InChI is InChI=1S/C16H22N2O/c1-12(11-19)7-8-17-13(2)9-14-10-18-16-6-4-3-5-15(14)16/h3-6,10,13,17-19H,1,7-9,11H2,2H3. The summed E-state index contributed by atoms with van der Waals surface area (Å²) in [5.41, 5.74) is 3.42. The maximum Gasteiger partial charge on any atom is 0.0639 e. The normalized spacial score (nSPS) is 12.7. The Kier molecular flexibility index (Phi) is 4.77. The number of benzene rings is 1. The van der Waals surface area contributed by atoms with E-state index >= 15 is 0 Å². The topological polar surface area (TPSA) is 48.0 Å². The minimum Gasteiger partial charge on any atom is -0.392 e. The predicted octanol–water partition coefficient (Wildman–Crippen LogP) is 2.63. The van der Waals surface area contributed by atoms with E-state index in [0.717, 1.165) is 25.0 Å². The van der Waals surface area contributed by atoms with Gasteiger partial charge in [0.05, 0.1) is 6.61 Å². The van der Waals surface area contributed by atoms with Crippen molar-refractivity contribution in [2.75, 3.05) is 13.2 Å². The van der Waals surface area contributed by atoms with Crippen LogP contribution in [0.5, 0.6) is 0 Å². The number of nitrogens with one attached hydrogen (secondary N) is 2. The Labute approximate surface area is 114 Å². The Morgan fingerprint density at radius 2 is 2.21 bits per heavy atom. The van der Waals surface area contributed by atoms with Crippen LogP contribution in [0.1, 0.15) is 18.9 Å². The van der Waals surface area contributed by atoms with Crippen molar-refractivity contribution >= 4 is 10.9 Å². The average molecular weight is 258 g/mol. The fourth-order valence-corrected chi connectivity index (χ4v) is 2.28. The lowest BCUT2D eigenvalue weighted by Gasteiger charge is -2.13. The number of H-pyrrole nitrogens is 1. The minimum absolute atomic E-state index is 0.0819. The number of aliphatic hydroxyl groups is 1. The zero-order chi connectivity index (χ0) is 13.7. The summed E-state index contributed by atoms with van der Waals surface area (Å²) in [6, 6.07) is 8.78. The first-order valence-corrected chi connectivity index (χ1v) is 6.76. The van der Waals surface area contributed by atoms with Crippen molar-refractivity contribution in [2.45, 2.75) is 25.8 Å². The summed E-state index contributed by atoms with van der Waals surface area (Å²) in [4.78, 5) is 3.30. The van der Waals surface area contributed by atoms with Crippen molar-refractivity contribution in [1.82, 2.24) is 10.3 Å². The highest BCUT2D eigenvalue weighted by molar-refractivity contribution is 5.83. The number of aromatic amines is 1. The van der Waals surface area contributed by atoms with Gasteiger partial charge in [0.1, 0.15) is 0 Å². The van der Waals surface area contributed by atoms with E-state index in [4.69, 9.17) is 5.11 Å². The van der Waals surface area contributed by atoms with Gasteiger partial charge in [-0.05, 0) is 37.9 Å². The highest BCUT2D eigenvalue weighted by atomic mass is 16.3. The third kappa shape index (κ3) is 3.69. The molecule has 0 saturated carbocycles. The molecule has 19 heavy (non-hydrogen) atoms. The molecule has 0 aliphatic heterocycles. The van der Waals surface area contributed by atoms with Gasteiger partial charge in [0.25, 0.3) is 0 Å². The molecule has 0 radical (unpaired) electrons. The van der Waals surface area contributed by atoms with E-state index in [1.807, 2.05) is 6.07 Å². The molecule has 1 aromatic carbocycles. The summed E-state index contributed by atoms with van der Waals surface area (Å²) in [5.74, 6) is 0. The lowest BCUT2D eigenvalue weighted by Crippen LogP contribution is -2.29. The maximum atomic E-state index is 8.89. The summed E-state index contributed by atoms with van der Waals surface area (Å²) in [7, 11) is 0. The SMILES string of the molecule is C=C(CO)CCNC(C)Cc1c[nH]c2ccccc12. The molecule has 0 bridgehead atoms. The van der Waals surface area contributed by atoms with Crippen molar-refractivity contribution in [3.63, 3.8) is 0 Å². The lowest BCUT2D eigenvalue weighted by molar-refractivity contribution is 0.326. The van der Waals surface area contributed by atoms with Crippen LogP contribution in [-0.2, 0) is 6.42 Å². The molecule has 1 heterocycles. The number of hydrogen-bond donors (Lipinski definition) is 3. The minimum atomic E-state index is 0.0819. The summed E-state index contributed by atoms with van der Waals surface area (Å²) in [6.45, 7) is 6.92. The average Bonchev–Trinajstić information content (AvgIpc) is 2.82. The summed E-state index contributed by atoms with van der Waals surface area (Å²) >= 11 is 0. The van der Waals surface area contributed by atoms with Crippen LogP contribution in [0.2, 0.25) is 0 Å². The molecule has 2 aromatic rings. The Morgan fingerprint density at radius 3 is 3.00 bits per heavy atom. The predicted molar refractivity (Wildman–Crippen MR) is 80.3 cm³/mol. The molecule has 3 nitrogen and oxygen atoms in total. The Hall–Kier alpha value is -1.58. The molecule has 1 aromatic heterocycles. The third-order valence-corrected chi connectivity index (χ3v) is 3.40. The molecule has 1 atom stereocenters. The first-order valence-electron chi connectivity index (χ1n) is 6.76. The van der Waals surface area contributed by atoms with Gasteiger partial charge in [0, 0.05) is 23.1 Å². The molecule has 1 unspecified atom stereocenters. The van der Waals surface area contributed by atoms with Gasteiger partial charge >= 0.3 is 0 Å². The second-order valence-corrected chi connectivity index (χ2v) is 5.08. The van der Waals surface area contributed by atoms with E-state index in [-0.39, 0.29) is 6.61 Å². The first-order chi connectivity index (χ1) is 9.20. The highest BCUT2D eigenvalue weighted by Crippen LogP contribution is 2.18. The molecular weight excluding hydrogens is 236 g/mol. The fraction of sp³-hybridized carbons (Fsp3) is 0.375. The summed E-state index contributed by atoms with van der Waals surface area (Å²) in [6.07, 6.45) is 3.92. The van der Waals surface area contributed by atoms with Crippen molar-refractivity contribution in [2.24, 2.45) is 0 Å². The largest absolute Gasteiger partial charge is 0.392 e. The van der Waals surface area contributed by atoms with Crippen molar-refractivity contribution in [3.8, 4) is 0 Å². The lowest BCUT2D eigenvalue weighted by atomic mass is 10.1. The van der Waals surface area contributed by atoms with Crippen LogP contribution in [0.25, 0.3) is 10.9 Å². The second kappa shape index (κ2) is 6.55. The number of fused-ring (bicyclic) bond motifs is 1. The number of aliphatic hydroxyl groups excluding tert-OH is 1. The van der Waals surface area contributed by atoms with Gasteiger partial charge in [0.2, 0.25) is 0 Å². The molecule has 0 amide bonds. The zero-order valence-corrected chi connectivity index (χ0v) is 11.4. The van der Waals surface area contributed by atoms with Crippen LogP contribution in [0.3, 0.4) is 0 Å². The van der Waals surface area contributed by atoms with E-state index in [2.05, 4.69) is 48.2 Å². The molecule has 0 aliphatic carbocycles. The van der Waals surface area contributed by atoms with E-state index in [1.54, 1.807) is 0 Å². The van der Waals surface area contributed by atoms with Crippen molar-refractivity contribution in [3.05, 3.63) is 48.2 Å². The molecule has 102 valence electrons. The molecule has 3 heteroatoms. The number of para-hydroxylation sites is 1. The van der Waals surface area contributed by atoms with Gasteiger partial charge in [-0.25, -0.2) is 0 Å². The molecule has 0 saturated heterocycles. The molecule has 0 spiro atoms. The Balaban J connectivity index is 1.88. The highest BCUT2D eigenvalue weighted by Gasteiger charge is 2.07. The van der Waals surface area contributed by atoms with E-state index in [9.17, 15) is 0 Å². The number of hydrogen-bond acceptors (Lipinski definition) is 2. The van der Waals surface area contributed by atoms with Gasteiger partial charge in [-0.3, -0.25) is 0 Å². The smallest absolute Gasteiger partial charge is 0.0639 e.